The van der Waals surface area contributed by atoms with E-state index in [1.807, 2.05) is 33.8 Å². The Bertz CT molecular complexity index is 528. The van der Waals surface area contributed by atoms with Gasteiger partial charge in [0, 0.05) is 6.42 Å². The molecule has 3 rings (SSSR count). The van der Waals surface area contributed by atoms with Gasteiger partial charge in [0.2, 0.25) is 0 Å². The number of rotatable bonds is 3. The van der Waals surface area contributed by atoms with Gasteiger partial charge in [-0.1, -0.05) is 30.3 Å². The molecule has 1 atom stereocenters. The maximum atomic E-state index is 14.1. The second-order valence-electron chi connectivity index (χ2n) is 7.22. The first-order chi connectivity index (χ1) is 9.60. The van der Waals surface area contributed by atoms with Gasteiger partial charge in [-0.25, -0.2) is 8.78 Å². The minimum atomic E-state index is -2.68. The minimum Gasteiger partial charge on any atom is -0.403 e. The molecule has 2 nitrogen and oxygen atoms in total. The largest absolute Gasteiger partial charge is 0.458 e. The van der Waals surface area contributed by atoms with Gasteiger partial charge in [-0.05, 0) is 39.6 Å². The van der Waals surface area contributed by atoms with Gasteiger partial charge in [-0.3, -0.25) is 0 Å². The van der Waals surface area contributed by atoms with E-state index >= 15 is 0 Å². The van der Waals surface area contributed by atoms with Crippen LogP contribution in [0.3, 0.4) is 0 Å². The smallest absolute Gasteiger partial charge is 0.403 e. The van der Waals surface area contributed by atoms with Crippen LogP contribution in [0.25, 0.3) is 0 Å². The van der Waals surface area contributed by atoms with E-state index in [1.165, 1.54) is 0 Å². The van der Waals surface area contributed by atoms with Crippen LogP contribution in [0.4, 0.5) is 8.78 Å². The summed E-state index contributed by atoms with van der Waals surface area (Å²) < 4.78 is 39.9. The van der Waals surface area contributed by atoms with E-state index in [0.717, 1.165) is 0 Å². The topological polar surface area (TPSA) is 18.5 Å². The van der Waals surface area contributed by atoms with Crippen molar-refractivity contribution in [2.24, 2.45) is 0 Å². The monoisotopic (exact) mass is 294 g/mol. The van der Waals surface area contributed by atoms with Crippen LogP contribution in [-0.2, 0) is 14.7 Å². The van der Waals surface area contributed by atoms with E-state index in [2.05, 4.69) is 0 Å². The highest BCUT2D eigenvalue weighted by atomic mass is 19.3. The van der Waals surface area contributed by atoms with Gasteiger partial charge in [0.15, 0.2) is 0 Å². The van der Waals surface area contributed by atoms with Crippen molar-refractivity contribution in [3.8, 4) is 0 Å². The van der Waals surface area contributed by atoms with Crippen LogP contribution in [0.15, 0.2) is 30.3 Å². The van der Waals surface area contributed by atoms with Crippen LogP contribution in [0.1, 0.15) is 39.7 Å². The molecule has 1 saturated heterocycles. The summed E-state index contributed by atoms with van der Waals surface area (Å²) in [5, 5.41) is 0. The van der Waals surface area contributed by atoms with Crippen LogP contribution in [0.5, 0.6) is 0 Å². The van der Waals surface area contributed by atoms with E-state index in [-0.39, 0.29) is 12.7 Å². The first kappa shape index (κ1) is 15.0. The van der Waals surface area contributed by atoms with Crippen LogP contribution in [0.2, 0.25) is 6.32 Å². The highest BCUT2D eigenvalue weighted by Crippen LogP contribution is 2.65. The molecule has 114 valence electrons. The normalized spacial score (nSPS) is 32.2. The molecular weight excluding hydrogens is 273 g/mol. The summed E-state index contributed by atoms with van der Waals surface area (Å²) in [6.45, 7) is 7.75. The molecular formula is C16H21BF2O2. The molecule has 0 N–H and O–H groups in total. The number of hydrogen-bond donors (Lipinski definition) is 0. The Morgan fingerprint density at radius 1 is 1.00 bits per heavy atom. The van der Waals surface area contributed by atoms with E-state index in [1.54, 1.807) is 24.3 Å². The van der Waals surface area contributed by atoms with Crippen molar-refractivity contribution in [1.29, 1.82) is 0 Å². The fourth-order valence-corrected chi connectivity index (χ4v) is 3.08. The molecule has 0 radical (unpaired) electrons. The van der Waals surface area contributed by atoms with Crippen molar-refractivity contribution >= 4 is 7.12 Å². The number of halogens is 2. The highest BCUT2D eigenvalue weighted by Gasteiger charge is 2.73. The lowest BCUT2D eigenvalue weighted by atomic mass is 9.72. The summed E-state index contributed by atoms with van der Waals surface area (Å²) >= 11 is 0. The third-order valence-corrected chi connectivity index (χ3v) is 5.24. The summed E-state index contributed by atoms with van der Waals surface area (Å²) in [6, 6.07) is 8.98. The Labute approximate surface area is 125 Å². The lowest BCUT2D eigenvalue weighted by Gasteiger charge is -2.32. The first-order valence-electron chi connectivity index (χ1n) is 7.39. The highest BCUT2D eigenvalue weighted by molar-refractivity contribution is 6.46. The van der Waals surface area contributed by atoms with Crippen molar-refractivity contribution in [1.82, 2.24) is 0 Å². The number of benzene rings is 1. The Morgan fingerprint density at radius 3 is 1.90 bits per heavy atom. The third kappa shape index (κ3) is 2.22. The van der Waals surface area contributed by atoms with Gasteiger partial charge in [0.05, 0.1) is 16.6 Å². The molecule has 1 aromatic rings. The predicted molar refractivity (Wildman–Crippen MR) is 78.6 cm³/mol. The average Bonchev–Trinajstić information content (AvgIpc) is 2.83. The van der Waals surface area contributed by atoms with Crippen molar-refractivity contribution < 1.29 is 18.1 Å². The van der Waals surface area contributed by atoms with E-state index < -0.39 is 29.7 Å². The summed E-state index contributed by atoms with van der Waals surface area (Å²) in [7, 11) is -0.594. The third-order valence-electron chi connectivity index (χ3n) is 5.24. The fraction of sp³-hybridized carbons (Fsp3) is 0.625. The Balaban J connectivity index is 1.84. The van der Waals surface area contributed by atoms with E-state index in [9.17, 15) is 8.78 Å². The number of hydrogen-bond acceptors (Lipinski definition) is 2. The van der Waals surface area contributed by atoms with Crippen molar-refractivity contribution in [3.05, 3.63) is 35.9 Å². The van der Waals surface area contributed by atoms with Gasteiger partial charge in [0.1, 0.15) is 0 Å². The molecule has 0 spiro atoms. The second kappa shape index (κ2) is 4.29. The molecule has 1 saturated carbocycles. The van der Waals surface area contributed by atoms with Crippen molar-refractivity contribution in [2.75, 3.05) is 0 Å². The first-order valence-corrected chi connectivity index (χ1v) is 7.39. The van der Waals surface area contributed by atoms with Gasteiger partial charge < -0.3 is 9.31 Å². The molecule has 1 aliphatic carbocycles. The van der Waals surface area contributed by atoms with Gasteiger partial charge in [-0.15, -0.1) is 0 Å². The van der Waals surface area contributed by atoms with Crippen LogP contribution in [-0.4, -0.2) is 24.2 Å². The molecule has 21 heavy (non-hydrogen) atoms. The molecule has 2 aliphatic rings. The lowest BCUT2D eigenvalue weighted by molar-refractivity contribution is 0.00578. The molecule has 1 unspecified atom stereocenters. The quantitative estimate of drug-likeness (QED) is 0.783. The van der Waals surface area contributed by atoms with E-state index in [4.69, 9.17) is 9.31 Å². The van der Waals surface area contributed by atoms with Crippen LogP contribution >= 0.6 is 0 Å². The molecule has 0 amide bonds. The second-order valence-corrected chi connectivity index (χ2v) is 7.22. The van der Waals surface area contributed by atoms with Crippen LogP contribution in [0, 0.1) is 0 Å². The van der Waals surface area contributed by atoms with Gasteiger partial charge >= 0.3 is 7.12 Å². The standard InChI is InChI=1S/C16H21BF2O2/c1-13(2)14(3,4)21-17(20-13)11-15(10-16(15,18)19)12-8-6-5-7-9-12/h5-9H,10-11H2,1-4H3. The van der Waals surface area contributed by atoms with E-state index in [0.29, 0.717) is 5.56 Å². The zero-order valence-electron chi connectivity index (χ0n) is 13.0. The molecule has 2 fully saturated rings. The number of alkyl halides is 2. The molecule has 0 aromatic heterocycles. The SMILES string of the molecule is CC1(C)OB(CC2(c3ccccc3)CC2(F)F)OC1(C)C. The maximum Gasteiger partial charge on any atom is 0.458 e. The Kier molecular flexibility index (Phi) is 3.06. The Hall–Kier alpha value is -0.935. The summed E-state index contributed by atoms with van der Waals surface area (Å²) in [5.41, 5.74) is -1.45. The van der Waals surface area contributed by atoms with Crippen molar-refractivity contribution in [2.45, 2.75) is 63.0 Å². The maximum absolute atomic E-state index is 14.1. The van der Waals surface area contributed by atoms with Gasteiger partial charge in [0.25, 0.3) is 5.92 Å². The average molecular weight is 294 g/mol. The zero-order chi connectivity index (χ0) is 15.5. The predicted octanol–water partition coefficient (Wildman–Crippen LogP) is 4.06. The Morgan fingerprint density at radius 2 is 1.48 bits per heavy atom. The molecule has 1 heterocycles. The summed E-state index contributed by atoms with van der Waals surface area (Å²) in [4.78, 5) is 0. The summed E-state index contributed by atoms with van der Waals surface area (Å²) in [6.07, 6.45) is 0.0605. The van der Waals surface area contributed by atoms with Crippen LogP contribution < -0.4 is 0 Å². The van der Waals surface area contributed by atoms with Crippen molar-refractivity contribution in [3.63, 3.8) is 0 Å². The minimum absolute atomic E-state index is 0.131. The molecule has 0 bridgehead atoms. The van der Waals surface area contributed by atoms with Gasteiger partial charge in [-0.2, -0.15) is 0 Å². The molecule has 1 aromatic carbocycles. The fourth-order valence-electron chi connectivity index (χ4n) is 3.08. The lowest BCUT2D eigenvalue weighted by Crippen LogP contribution is -2.41. The summed E-state index contributed by atoms with van der Waals surface area (Å²) in [5.74, 6) is -2.68. The molecule has 5 heteroatoms. The zero-order valence-corrected chi connectivity index (χ0v) is 13.0. The molecule has 1 aliphatic heterocycles.